The standard InChI is InChI=1S/C24H31N3O2/c1-19-9-11-21(12-10-19)17-26-22(28)24(2)14-6-16-27(18-24)23(29)25-15-13-20-7-4-3-5-8-20/h3-5,7-12H,6,13-18H2,1-2H3,(H,25,29)(H,26,28). The molecule has 0 spiro atoms. The number of hydrogen-bond donors (Lipinski definition) is 2. The summed E-state index contributed by atoms with van der Waals surface area (Å²) >= 11 is 0. The van der Waals surface area contributed by atoms with E-state index in [1.54, 1.807) is 4.90 Å². The van der Waals surface area contributed by atoms with Crippen LogP contribution in [-0.4, -0.2) is 36.5 Å². The summed E-state index contributed by atoms with van der Waals surface area (Å²) in [5.41, 5.74) is 2.93. The summed E-state index contributed by atoms with van der Waals surface area (Å²) in [5, 5.41) is 6.05. The van der Waals surface area contributed by atoms with E-state index in [0.717, 1.165) is 24.8 Å². The van der Waals surface area contributed by atoms with Crippen LogP contribution in [0.15, 0.2) is 54.6 Å². The van der Waals surface area contributed by atoms with Gasteiger partial charge in [-0.2, -0.15) is 0 Å². The molecule has 0 aromatic heterocycles. The molecule has 29 heavy (non-hydrogen) atoms. The Labute approximate surface area is 173 Å². The van der Waals surface area contributed by atoms with Gasteiger partial charge >= 0.3 is 6.03 Å². The van der Waals surface area contributed by atoms with Gasteiger partial charge in [0.1, 0.15) is 0 Å². The number of likely N-dealkylation sites (tertiary alicyclic amines) is 1. The molecule has 1 heterocycles. The third-order valence-electron chi connectivity index (χ3n) is 5.64. The Morgan fingerprint density at radius 1 is 1.00 bits per heavy atom. The monoisotopic (exact) mass is 393 g/mol. The maximum Gasteiger partial charge on any atom is 0.317 e. The van der Waals surface area contributed by atoms with E-state index in [-0.39, 0.29) is 11.9 Å². The molecule has 1 atom stereocenters. The first-order chi connectivity index (χ1) is 14.0. The summed E-state index contributed by atoms with van der Waals surface area (Å²) < 4.78 is 0. The van der Waals surface area contributed by atoms with Gasteiger partial charge in [-0.25, -0.2) is 4.79 Å². The van der Waals surface area contributed by atoms with E-state index in [9.17, 15) is 9.59 Å². The zero-order chi connectivity index (χ0) is 20.7. The highest BCUT2D eigenvalue weighted by molar-refractivity contribution is 5.84. The summed E-state index contributed by atoms with van der Waals surface area (Å²) in [5.74, 6) is 0.0138. The fraction of sp³-hybridized carbons (Fsp3) is 0.417. The summed E-state index contributed by atoms with van der Waals surface area (Å²) in [7, 11) is 0. The Hall–Kier alpha value is -2.82. The molecule has 5 nitrogen and oxygen atoms in total. The van der Waals surface area contributed by atoms with Crippen LogP contribution in [0.25, 0.3) is 0 Å². The summed E-state index contributed by atoms with van der Waals surface area (Å²) in [4.78, 5) is 27.2. The fourth-order valence-corrected chi connectivity index (χ4v) is 3.77. The van der Waals surface area contributed by atoms with E-state index in [2.05, 4.69) is 22.8 Å². The van der Waals surface area contributed by atoms with Crippen molar-refractivity contribution in [3.05, 3.63) is 71.3 Å². The molecule has 0 saturated carbocycles. The number of hydrogen-bond acceptors (Lipinski definition) is 2. The highest BCUT2D eigenvalue weighted by Crippen LogP contribution is 2.30. The van der Waals surface area contributed by atoms with E-state index < -0.39 is 5.41 Å². The van der Waals surface area contributed by atoms with E-state index in [1.165, 1.54) is 11.1 Å². The molecule has 1 fully saturated rings. The number of piperidine rings is 1. The molecule has 1 unspecified atom stereocenters. The molecule has 0 aliphatic carbocycles. The van der Waals surface area contributed by atoms with Crippen molar-refractivity contribution in [1.82, 2.24) is 15.5 Å². The van der Waals surface area contributed by atoms with Gasteiger partial charge in [0.05, 0.1) is 5.41 Å². The minimum atomic E-state index is -0.556. The Bertz CT molecular complexity index is 820. The van der Waals surface area contributed by atoms with Gasteiger partial charge < -0.3 is 15.5 Å². The Kier molecular flexibility index (Phi) is 6.91. The van der Waals surface area contributed by atoms with Gasteiger partial charge in [0.25, 0.3) is 0 Å². The number of nitrogens with zero attached hydrogens (tertiary/aromatic N) is 1. The number of rotatable bonds is 6. The Balaban J connectivity index is 1.49. The molecule has 1 aliphatic rings. The zero-order valence-electron chi connectivity index (χ0n) is 17.4. The molecule has 0 radical (unpaired) electrons. The van der Waals surface area contributed by atoms with Gasteiger partial charge in [0.2, 0.25) is 5.91 Å². The van der Waals surface area contributed by atoms with Crippen LogP contribution in [0.5, 0.6) is 0 Å². The van der Waals surface area contributed by atoms with Crippen LogP contribution in [0.3, 0.4) is 0 Å². The number of nitrogens with one attached hydrogen (secondary N) is 2. The molecule has 5 heteroatoms. The lowest BCUT2D eigenvalue weighted by molar-refractivity contribution is -0.132. The van der Waals surface area contributed by atoms with Gasteiger partial charge in [0.15, 0.2) is 0 Å². The lowest BCUT2D eigenvalue weighted by atomic mass is 9.81. The van der Waals surface area contributed by atoms with Crippen molar-refractivity contribution in [3.8, 4) is 0 Å². The molecule has 0 bridgehead atoms. The number of benzene rings is 2. The van der Waals surface area contributed by atoms with Crippen molar-refractivity contribution in [2.24, 2.45) is 5.41 Å². The van der Waals surface area contributed by atoms with Crippen LogP contribution < -0.4 is 10.6 Å². The average Bonchev–Trinajstić information content (AvgIpc) is 2.74. The number of carbonyl (C=O) groups excluding carboxylic acids is 2. The predicted molar refractivity (Wildman–Crippen MR) is 115 cm³/mol. The van der Waals surface area contributed by atoms with Gasteiger partial charge in [-0.1, -0.05) is 60.2 Å². The number of carbonyl (C=O) groups is 2. The first-order valence-electron chi connectivity index (χ1n) is 10.4. The number of aryl methyl sites for hydroxylation is 1. The van der Waals surface area contributed by atoms with Crippen LogP contribution >= 0.6 is 0 Å². The lowest BCUT2D eigenvalue weighted by Gasteiger charge is -2.39. The molecular formula is C24H31N3O2. The minimum absolute atomic E-state index is 0.0138. The molecule has 3 rings (SSSR count). The molecular weight excluding hydrogens is 362 g/mol. The van der Waals surface area contributed by atoms with Crippen LogP contribution in [0, 0.1) is 12.3 Å². The second kappa shape index (κ2) is 9.59. The van der Waals surface area contributed by atoms with Gasteiger partial charge in [-0.15, -0.1) is 0 Å². The van der Waals surface area contributed by atoms with Crippen molar-refractivity contribution in [3.63, 3.8) is 0 Å². The first-order valence-corrected chi connectivity index (χ1v) is 10.4. The van der Waals surface area contributed by atoms with Crippen molar-refractivity contribution < 1.29 is 9.59 Å². The van der Waals surface area contributed by atoms with Crippen LogP contribution in [0.4, 0.5) is 4.79 Å². The van der Waals surface area contributed by atoms with Crippen molar-refractivity contribution in [1.29, 1.82) is 0 Å². The van der Waals surface area contributed by atoms with E-state index in [4.69, 9.17) is 0 Å². The third-order valence-corrected chi connectivity index (χ3v) is 5.64. The Morgan fingerprint density at radius 2 is 1.72 bits per heavy atom. The van der Waals surface area contributed by atoms with Crippen molar-refractivity contribution in [2.75, 3.05) is 19.6 Å². The van der Waals surface area contributed by atoms with E-state index in [0.29, 0.717) is 26.2 Å². The molecule has 154 valence electrons. The average molecular weight is 394 g/mol. The Morgan fingerprint density at radius 3 is 2.45 bits per heavy atom. The van der Waals surface area contributed by atoms with Gasteiger partial charge in [-0.05, 0) is 44.2 Å². The van der Waals surface area contributed by atoms with Crippen LogP contribution in [-0.2, 0) is 17.8 Å². The predicted octanol–water partition coefficient (Wildman–Crippen LogP) is 3.67. The summed E-state index contributed by atoms with van der Waals surface area (Å²) in [6.45, 7) is 6.25. The van der Waals surface area contributed by atoms with Crippen molar-refractivity contribution in [2.45, 2.75) is 39.7 Å². The zero-order valence-corrected chi connectivity index (χ0v) is 17.4. The summed E-state index contributed by atoms with van der Waals surface area (Å²) in [6, 6.07) is 18.2. The maximum absolute atomic E-state index is 12.9. The smallest absolute Gasteiger partial charge is 0.317 e. The normalized spacial score (nSPS) is 18.9. The largest absolute Gasteiger partial charge is 0.351 e. The second-order valence-corrected chi connectivity index (χ2v) is 8.22. The second-order valence-electron chi connectivity index (χ2n) is 8.22. The van der Waals surface area contributed by atoms with Crippen LogP contribution in [0.2, 0.25) is 0 Å². The van der Waals surface area contributed by atoms with Crippen LogP contribution in [0.1, 0.15) is 36.5 Å². The number of amides is 3. The van der Waals surface area contributed by atoms with Gasteiger partial charge in [0, 0.05) is 26.2 Å². The maximum atomic E-state index is 12.9. The molecule has 3 amide bonds. The third kappa shape index (κ3) is 5.83. The van der Waals surface area contributed by atoms with Gasteiger partial charge in [-0.3, -0.25) is 4.79 Å². The molecule has 2 aromatic rings. The SMILES string of the molecule is Cc1ccc(CNC(=O)C2(C)CCCN(C(=O)NCCc3ccccc3)C2)cc1. The molecule has 1 saturated heterocycles. The van der Waals surface area contributed by atoms with E-state index in [1.807, 2.05) is 56.3 Å². The lowest BCUT2D eigenvalue weighted by Crippen LogP contribution is -2.54. The molecule has 1 aliphatic heterocycles. The van der Waals surface area contributed by atoms with Crippen molar-refractivity contribution >= 4 is 11.9 Å². The topological polar surface area (TPSA) is 61.4 Å². The fourth-order valence-electron chi connectivity index (χ4n) is 3.77. The molecule has 2 N–H and O–H groups in total. The number of urea groups is 1. The van der Waals surface area contributed by atoms with E-state index >= 15 is 0 Å². The molecule has 2 aromatic carbocycles. The highest BCUT2D eigenvalue weighted by Gasteiger charge is 2.39. The highest BCUT2D eigenvalue weighted by atomic mass is 16.2. The quantitative estimate of drug-likeness (QED) is 0.787. The summed E-state index contributed by atoms with van der Waals surface area (Å²) in [6.07, 6.45) is 2.43. The first kappa shape index (κ1) is 20.9. The minimum Gasteiger partial charge on any atom is -0.351 e.